The lowest BCUT2D eigenvalue weighted by molar-refractivity contribution is 0.0730. The molecule has 5 unspecified atom stereocenters. The van der Waals surface area contributed by atoms with E-state index in [0.29, 0.717) is 55.0 Å². The van der Waals surface area contributed by atoms with Gasteiger partial charge in [-0.1, -0.05) is 30.3 Å². The highest BCUT2D eigenvalue weighted by Gasteiger charge is 2.54. The first-order valence-electron chi connectivity index (χ1n) is 11.2. The van der Waals surface area contributed by atoms with Crippen molar-refractivity contribution in [3.63, 3.8) is 0 Å². The van der Waals surface area contributed by atoms with Crippen LogP contribution in [-0.4, -0.2) is 39.0 Å². The molecule has 5 atom stereocenters. The van der Waals surface area contributed by atoms with E-state index < -0.39 is 10.0 Å². The zero-order valence-electron chi connectivity index (χ0n) is 17.0. The molecule has 2 aromatic rings. The van der Waals surface area contributed by atoms with E-state index in [4.69, 9.17) is 4.74 Å². The number of benzene rings is 2. The number of hydrogen-bond acceptors (Lipinski definition) is 4. The molecule has 1 N–H and O–H groups in total. The normalized spacial score (nSPS) is 33.0. The summed E-state index contributed by atoms with van der Waals surface area (Å²) in [5.41, 5.74) is 3.67. The molecule has 2 heterocycles. The van der Waals surface area contributed by atoms with Gasteiger partial charge >= 0.3 is 0 Å². The van der Waals surface area contributed by atoms with E-state index in [-0.39, 0.29) is 0 Å². The molecule has 0 amide bonds. The molecule has 6 rings (SSSR count). The van der Waals surface area contributed by atoms with Crippen LogP contribution in [0.5, 0.6) is 0 Å². The Hall–Kier alpha value is -1.89. The van der Waals surface area contributed by atoms with Gasteiger partial charge in [-0.25, -0.2) is 8.42 Å². The van der Waals surface area contributed by atoms with Crippen LogP contribution in [0, 0.1) is 17.8 Å². The monoisotopic (exact) mass is 424 g/mol. The van der Waals surface area contributed by atoms with E-state index in [9.17, 15) is 8.42 Å². The number of nitrogens with zero attached hydrogens (tertiary/aromatic N) is 1. The van der Waals surface area contributed by atoms with E-state index >= 15 is 0 Å². The average molecular weight is 425 g/mol. The van der Waals surface area contributed by atoms with Gasteiger partial charge in [0.15, 0.2) is 0 Å². The second-order valence-electron chi connectivity index (χ2n) is 9.23. The smallest absolute Gasteiger partial charge is 0.243 e. The highest BCUT2D eigenvalue weighted by Crippen LogP contribution is 2.63. The highest BCUT2D eigenvalue weighted by atomic mass is 32.2. The fraction of sp³-hybridized carbons (Fsp3) is 0.500. The largest absolute Gasteiger partial charge is 0.379 e. The molecule has 30 heavy (non-hydrogen) atoms. The van der Waals surface area contributed by atoms with Gasteiger partial charge in [-0.15, -0.1) is 0 Å². The third kappa shape index (κ3) is 2.84. The lowest BCUT2D eigenvalue weighted by Gasteiger charge is -2.43. The number of nitrogens with one attached hydrogen (secondary N) is 1. The van der Waals surface area contributed by atoms with Crippen LogP contribution in [0.15, 0.2) is 53.4 Å². The number of hydrogen-bond donors (Lipinski definition) is 1. The fourth-order valence-electron chi connectivity index (χ4n) is 6.55. The Kier molecular flexibility index (Phi) is 4.44. The van der Waals surface area contributed by atoms with Gasteiger partial charge in [0.1, 0.15) is 0 Å². The number of rotatable bonds is 3. The molecule has 1 saturated heterocycles. The SMILES string of the molecule is O=S(=O)(c1ccc2c(c1)C1C3CCC(C3)C1C(c1ccccc1)N2)N1CCOCC1. The minimum Gasteiger partial charge on any atom is -0.379 e. The molecule has 6 heteroatoms. The summed E-state index contributed by atoms with van der Waals surface area (Å²) in [5.74, 6) is 2.39. The number of sulfonamides is 1. The summed E-state index contributed by atoms with van der Waals surface area (Å²) in [7, 11) is -3.48. The zero-order chi connectivity index (χ0) is 20.3. The second-order valence-corrected chi connectivity index (χ2v) is 11.2. The maximum Gasteiger partial charge on any atom is 0.243 e. The van der Waals surface area contributed by atoms with Crippen molar-refractivity contribution >= 4 is 15.7 Å². The van der Waals surface area contributed by atoms with Crippen LogP contribution in [0.4, 0.5) is 5.69 Å². The van der Waals surface area contributed by atoms with E-state index in [1.807, 2.05) is 12.1 Å². The first kappa shape index (κ1) is 18.8. The molecular weight excluding hydrogens is 396 g/mol. The van der Waals surface area contributed by atoms with Crippen molar-refractivity contribution in [2.24, 2.45) is 17.8 Å². The van der Waals surface area contributed by atoms with Crippen LogP contribution >= 0.6 is 0 Å². The molecule has 5 nitrogen and oxygen atoms in total. The van der Waals surface area contributed by atoms with Crippen LogP contribution in [0.1, 0.15) is 42.3 Å². The Balaban J connectivity index is 1.41. The van der Waals surface area contributed by atoms with Gasteiger partial charge in [0.2, 0.25) is 10.0 Å². The number of anilines is 1. The lowest BCUT2D eigenvalue weighted by atomic mass is 9.68. The summed E-state index contributed by atoms with van der Waals surface area (Å²) in [6.45, 7) is 1.81. The fourth-order valence-corrected chi connectivity index (χ4v) is 7.99. The van der Waals surface area contributed by atoms with Crippen molar-refractivity contribution in [1.29, 1.82) is 0 Å². The molecule has 2 aliphatic heterocycles. The standard InChI is InChI=1S/C24H28N2O3S/c27-30(28,26-10-12-29-13-11-26)19-8-9-21-20(15-19)22-17-6-7-18(14-17)23(22)24(25-21)16-4-2-1-3-5-16/h1-5,8-9,15,17-18,22-25H,6-7,10-14H2. The van der Waals surface area contributed by atoms with Crippen molar-refractivity contribution in [3.8, 4) is 0 Å². The van der Waals surface area contributed by atoms with Gasteiger partial charge in [0, 0.05) is 18.8 Å². The Bertz CT molecular complexity index is 1050. The molecule has 2 saturated carbocycles. The predicted octanol–water partition coefficient (Wildman–Crippen LogP) is 4.00. The van der Waals surface area contributed by atoms with Crippen molar-refractivity contribution < 1.29 is 13.2 Å². The van der Waals surface area contributed by atoms with E-state index in [1.165, 1.54) is 30.4 Å². The summed E-state index contributed by atoms with van der Waals surface area (Å²) in [5, 5.41) is 3.80. The van der Waals surface area contributed by atoms with Crippen molar-refractivity contribution in [3.05, 3.63) is 59.7 Å². The lowest BCUT2D eigenvalue weighted by Crippen LogP contribution is -2.41. The maximum absolute atomic E-state index is 13.3. The van der Waals surface area contributed by atoms with Crippen LogP contribution in [0.3, 0.4) is 0 Å². The van der Waals surface area contributed by atoms with Crippen LogP contribution in [-0.2, 0) is 14.8 Å². The molecule has 4 aliphatic rings. The first-order valence-corrected chi connectivity index (χ1v) is 12.6. The van der Waals surface area contributed by atoms with Crippen LogP contribution in [0.25, 0.3) is 0 Å². The summed E-state index contributed by atoms with van der Waals surface area (Å²) in [4.78, 5) is 0.435. The Labute approximate surface area is 178 Å². The first-order chi connectivity index (χ1) is 14.6. The number of fused-ring (bicyclic) bond motifs is 7. The van der Waals surface area contributed by atoms with E-state index in [1.54, 1.807) is 10.4 Å². The van der Waals surface area contributed by atoms with Crippen LogP contribution in [0.2, 0.25) is 0 Å². The van der Waals surface area contributed by atoms with Crippen molar-refractivity contribution in [1.82, 2.24) is 4.31 Å². The Morgan fingerprint density at radius 1 is 0.967 bits per heavy atom. The number of morpholine rings is 1. The molecule has 158 valence electrons. The second kappa shape index (κ2) is 7.08. The van der Waals surface area contributed by atoms with Gasteiger partial charge in [0.05, 0.1) is 24.2 Å². The summed E-state index contributed by atoms with van der Waals surface area (Å²) in [6, 6.07) is 16.8. The van der Waals surface area contributed by atoms with Gasteiger partial charge in [-0.2, -0.15) is 4.31 Å². The summed E-state index contributed by atoms with van der Waals surface area (Å²) >= 11 is 0. The quantitative estimate of drug-likeness (QED) is 0.809. The molecule has 3 fully saturated rings. The van der Waals surface area contributed by atoms with E-state index in [2.05, 4.69) is 35.6 Å². The number of ether oxygens (including phenoxy) is 1. The predicted molar refractivity (Wildman–Crippen MR) is 116 cm³/mol. The minimum absolute atomic E-state index is 0.306. The zero-order valence-corrected chi connectivity index (χ0v) is 17.9. The highest BCUT2D eigenvalue weighted by molar-refractivity contribution is 7.89. The van der Waals surface area contributed by atoms with E-state index in [0.717, 1.165) is 11.6 Å². The summed E-state index contributed by atoms with van der Waals surface area (Å²) in [6.07, 6.45) is 3.85. The Morgan fingerprint density at radius 2 is 1.73 bits per heavy atom. The third-order valence-corrected chi connectivity index (χ3v) is 9.72. The Morgan fingerprint density at radius 3 is 2.53 bits per heavy atom. The molecule has 2 aromatic carbocycles. The molecule has 0 spiro atoms. The molecule has 2 aliphatic carbocycles. The van der Waals surface area contributed by atoms with Crippen molar-refractivity contribution in [2.45, 2.75) is 36.1 Å². The van der Waals surface area contributed by atoms with Gasteiger partial charge in [-0.3, -0.25) is 0 Å². The minimum atomic E-state index is -3.48. The maximum atomic E-state index is 13.3. The van der Waals surface area contributed by atoms with Gasteiger partial charge < -0.3 is 10.1 Å². The molecule has 0 aromatic heterocycles. The molecule has 2 bridgehead atoms. The average Bonchev–Trinajstić information content (AvgIpc) is 3.42. The van der Waals surface area contributed by atoms with Gasteiger partial charge in [-0.05, 0) is 72.3 Å². The summed E-state index contributed by atoms with van der Waals surface area (Å²) < 4.78 is 33.4. The molecular formula is C24H28N2O3S. The molecule has 0 radical (unpaired) electrons. The van der Waals surface area contributed by atoms with Gasteiger partial charge in [0.25, 0.3) is 0 Å². The van der Waals surface area contributed by atoms with Crippen LogP contribution < -0.4 is 5.32 Å². The topological polar surface area (TPSA) is 58.6 Å². The third-order valence-electron chi connectivity index (χ3n) is 7.83. The van der Waals surface area contributed by atoms with Crippen molar-refractivity contribution in [2.75, 3.05) is 31.6 Å².